The van der Waals surface area contributed by atoms with E-state index in [1.54, 1.807) is 61.6 Å². The maximum atomic E-state index is 10.2. The number of thioether (sulfide) groups is 2. The van der Waals surface area contributed by atoms with Crippen LogP contribution in [0.25, 0.3) is 0 Å². The standard InChI is InChI=1S/C18H30O6S2/c1-14(19)17(21-8-10-25-3)24-16-7-5-6-15(12-16)22-13-18(2,20)23-9-11-26-4/h5-7,12,14,17,19-20H,8-11,13H2,1-4H3. The number of hydrogen-bond acceptors (Lipinski definition) is 8. The van der Waals surface area contributed by atoms with E-state index in [1.165, 1.54) is 0 Å². The van der Waals surface area contributed by atoms with E-state index in [0.29, 0.717) is 24.7 Å². The zero-order chi connectivity index (χ0) is 19.4. The van der Waals surface area contributed by atoms with Crippen LogP contribution in [0, 0.1) is 0 Å². The molecule has 6 nitrogen and oxygen atoms in total. The van der Waals surface area contributed by atoms with E-state index in [0.717, 1.165) is 11.5 Å². The maximum Gasteiger partial charge on any atom is 0.225 e. The van der Waals surface area contributed by atoms with Crippen LogP contribution < -0.4 is 9.47 Å². The van der Waals surface area contributed by atoms with Gasteiger partial charge in [-0.1, -0.05) is 6.07 Å². The van der Waals surface area contributed by atoms with Gasteiger partial charge in [-0.3, -0.25) is 0 Å². The zero-order valence-corrected chi connectivity index (χ0v) is 17.5. The van der Waals surface area contributed by atoms with Crippen LogP contribution >= 0.6 is 23.5 Å². The van der Waals surface area contributed by atoms with Crippen LogP contribution in [0.3, 0.4) is 0 Å². The van der Waals surface area contributed by atoms with E-state index in [2.05, 4.69) is 0 Å². The Kier molecular flexibility index (Phi) is 11.4. The van der Waals surface area contributed by atoms with Crippen molar-refractivity contribution in [3.63, 3.8) is 0 Å². The Labute approximate surface area is 164 Å². The van der Waals surface area contributed by atoms with Gasteiger partial charge in [0.05, 0.1) is 13.2 Å². The highest BCUT2D eigenvalue weighted by atomic mass is 32.2. The van der Waals surface area contributed by atoms with E-state index in [1.807, 2.05) is 12.5 Å². The second-order valence-corrected chi connectivity index (χ2v) is 7.84. The minimum Gasteiger partial charge on any atom is -0.488 e. The minimum atomic E-state index is -1.37. The average Bonchev–Trinajstić information content (AvgIpc) is 2.60. The first kappa shape index (κ1) is 23.4. The molecule has 0 aliphatic carbocycles. The normalized spacial score (nSPS) is 15.9. The molecule has 0 amide bonds. The van der Waals surface area contributed by atoms with E-state index >= 15 is 0 Å². The van der Waals surface area contributed by atoms with Gasteiger partial charge in [0.15, 0.2) is 5.79 Å². The van der Waals surface area contributed by atoms with Gasteiger partial charge in [0.1, 0.15) is 24.2 Å². The molecule has 150 valence electrons. The molecule has 0 spiro atoms. The number of ether oxygens (including phenoxy) is 4. The molecular formula is C18H30O6S2. The van der Waals surface area contributed by atoms with Gasteiger partial charge in [-0.15, -0.1) is 0 Å². The highest BCUT2D eigenvalue weighted by Crippen LogP contribution is 2.22. The van der Waals surface area contributed by atoms with Crippen molar-refractivity contribution in [1.82, 2.24) is 0 Å². The van der Waals surface area contributed by atoms with E-state index in [9.17, 15) is 10.2 Å². The molecule has 0 aliphatic rings. The number of aliphatic hydroxyl groups excluding tert-OH is 1. The van der Waals surface area contributed by atoms with Crippen molar-refractivity contribution in [3.8, 4) is 11.5 Å². The van der Waals surface area contributed by atoms with Gasteiger partial charge in [0.25, 0.3) is 0 Å². The van der Waals surface area contributed by atoms with Gasteiger partial charge in [-0.2, -0.15) is 23.5 Å². The van der Waals surface area contributed by atoms with Crippen molar-refractivity contribution < 1.29 is 29.2 Å². The monoisotopic (exact) mass is 406 g/mol. The lowest BCUT2D eigenvalue weighted by Crippen LogP contribution is -2.36. The first-order valence-electron chi connectivity index (χ1n) is 8.41. The number of hydrogen-bond donors (Lipinski definition) is 2. The van der Waals surface area contributed by atoms with Crippen LogP contribution in [0.4, 0.5) is 0 Å². The maximum absolute atomic E-state index is 10.2. The fourth-order valence-corrected chi connectivity index (χ4v) is 2.41. The smallest absolute Gasteiger partial charge is 0.225 e. The molecule has 0 fully saturated rings. The number of rotatable bonds is 14. The van der Waals surface area contributed by atoms with Gasteiger partial charge in [-0.05, 0) is 38.5 Å². The molecule has 1 aromatic carbocycles. The zero-order valence-electron chi connectivity index (χ0n) is 15.8. The van der Waals surface area contributed by atoms with Gasteiger partial charge in [-0.25, -0.2) is 0 Å². The Balaban J connectivity index is 2.57. The molecule has 2 N–H and O–H groups in total. The Morgan fingerprint density at radius 3 is 2.42 bits per heavy atom. The van der Waals surface area contributed by atoms with Crippen molar-refractivity contribution in [2.75, 3.05) is 43.8 Å². The summed E-state index contributed by atoms with van der Waals surface area (Å²) >= 11 is 3.31. The van der Waals surface area contributed by atoms with Gasteiger partial charge in [0.2, 0.25) is 6.29 Å². The SMILES string of the molecule is CSCCOC(Oc1cccc(OCC(C)(O)OCCSC)c1)C(C)O. The summed E-state index contributed by atoms with van der Waals surface area (Å²) in [5.74, 6) is 1.30. The highest BCUT2D eigenvalue weighted by molar-refractivity contribution is 7.98. The molecule has 8 heteroatoms. The van der Waals surface area contributed by atoms with Gasteiger partial charge >= 0.3 is 0 Å². The Morgan fingerprint density at radius 2 is 1.77 bits per heavy atom. The van der Waals surface area contributed by atoms with Crippen LogP contribution in [-0.4, -0.2) is 72.2 Å². The summed E-state index contributed by atoms with van der Waals surface area (Å²) in [4.78, 5) is 0. The van der Waals surface area contributed by atoms with Gasteiger partial charge in [0, 0.05) is 17.6 Å². The summed E-state index contributed by atoms with van der Waals surface area (Å²) in [7, 11) is 0. The summed E-state index contributed by atoms with van der Waals surface area (Å²) in [6, 6.07) is 6.98. The lowest BCUT2D eigenvalue weighted by Gasteiger charge is -2.24. The summed E-state index contributed by atoms with van der Waals surface area (Å²) in [6.07, 6.45) is 2.44. The molecule has 0 aliphatic heterocycles. The molecule has 3 atom stereocenters. The van der Waals surface area contributed by atoms with Gasteiger partial charge < -0.3 is 29.2 Å². The number of benzene rings is 1. The summed E-state index contributed by atoms with van der Waals surface area (Å²) in [5, 5.41) is 20.0. The molecule has 1 rings (SSSR count). The second-order valence-electron chi connectivity index (χ2n) is 5.87. The third kappa shape index (κ3) is 9.89. The quantitative estimate of drug-likeness (QED) is 0.361. The Bertz CT molecular complexity index is 498. The number of aliphatic hydroxyl groups is 2. The predicted molar refractivity (Wildman–Crippen MR) is 107 cm³/mol. The molecular weight excluding hydrogens is 376 g/mol. The first-order chi connectivity index (χ1) is 12.4. The summed E-state index contributed by atoms with van der Waals surface area (Å²) < 4.78 is 22.3. The van der Waals surface area contributed by atoms with Crippen molar-refractivity contribution >= 4 is 23.5 Å². The predicted octanol–water partition coefficient (Wildman–Crippen LogP) is 2.62. The Morgan fingerprint density at radius 1 is 1.12 bits per heavy atom. The largest absolute Gasteiger partial charge is 0.488 e. The van der Waals surface area contributed by atoms with Crippen LogP contribution in [0.1, 0.15) is 13.8 Å². The molecule has 0 heterocycles. The van der Waals surface area contributed by atoms with Crippen molar-refractivity contribution in [2.45, 2.75) is 32.0 Å². The fourth-order valence-electron chi connectivity index (χ4n) is 1.89. The van der Waals surface area contributed by atoms with Crippen LogP contribution in [0.5, 0.6) is 11.5 Å². The highest BCUT2D eigenvalue weighted by Gasteiger charge is 2.22. The second kappa shape index (κ2) is 12.7. The van der Waals surface area contributed by atoms with Crippen molar-refractivity contribution in [2.24, 2.45) is 0 Å². The third-order valence-electron chi connectivity index (χ3n) is 3.23. The molecule has 0 aromatic heterocycles. The van der Waals surface area contributed by atoms with E-state index in [4.69, 9.17) is 18.9 Å². The molecule has 3 unspecified atom stereocenters. The van der Waals surface area contributed by atoms with Crippen molar-refractivity contribution in [1.29, 1.82) is 0 Å². The van der Waals surface area contributed by atoms with E-state index < -0.39 is 18.2 Å². The minimum absolute atomic E-state index is 0.00507. The topological polar surface area (TPSA) is 77.4 Å². The summed E-state index contributed by atoms with van der Waals surface area (Å²) in [5.41, 5.74) is 0. The lowest BCUT2D eigenvalue weighted by atomic mass is 10.3. The average molecular weight is 407 g/mol. The lowest BCUT2D eigenvalue weighted by molar-refractivity contribution is -0.202. The first-order valence-corrected chi connectivity index (χ1v) is 11.2. The fraction of sp³-hybridized carbons (Fsp3) is 0.667. The molecule has 0 saturated heterocycles. The van der Waals surface area contributed by atoms with Crippen LogP contribution in [0.2, 0.25) is 0 Å². The molecule has 0 saturated carbocycles. The van der Waals surface area contributed by atoms with Crippen molar-refractivity contribution in [3.05, 3.63) is 24.3 Å². The molecule has 0 radical (unpaired) electrons. The summed E-state index contributed by atoms with van der Waals surface area (Å²) in [6.45, 7) is 4.12. The van der Waals surface area contributed by atoms with Crippen LogP contribution in [-0.2, 0) is 9.47 Å². The molecule has 1 aromatic rings. The molecule has 26 heavy (non-hydrogen) atoms. The third-order valence-corrected chi connectivity index (χ3v) is 4.38. The van der Waals surface area contributed by atoms with E-state index in [-0.39, 0.29) is 6.61 Å². The molecule has 0 bridgehead atoms. The van der Waals surface area contributed by atoms with Crippen LogP contribution in [0.15, 0.2) is 24.3 Å². The Hall–Kier alpha value is -0.640.